The van der Waals surface area contributed by atoms with E-state index < -0.39 is 0 Å². The lowest BCUT2D eigenvalue weighted by molar-refractivity contribution is 0.101. The number of halogens is 1. The smallest absolute Gasteiger partial charge is 0.277 e. The van der Waals surface area contributed by atoms with E-state index in [0.29, 0.717) is 40.3 Å². The quantitative estimate of drug-likeness (QED) is 0.552. The van der Waals surface area contributed by atoms with Crippen LogP contribution in [-0.4, -0.2) is 32.9 Å². The Morgan fingerprint density at radius 3 is 2.84 bits per heavy atom. The fourth-order valence-corrected chi connectivity index (χ4v) is 4.83. The van der Waals surface area contributed by atoms with Gasteiger partial charge in [0.25, 0.3) is 5.91 Å². The van der Waals surface area contributed by atoms with Gasteiger partial charge in [-0.2, -0.15) is 5.10 Å². The Hall–Kier alpha value is -2.58. The fourth-order valence-electron chi connectivity index (χ4n) is 3.74. The summed E-state index contributed by atoms with van der Waals surface area (Å²) < 4.78 is 13.4. The lowest BCUT2D eigenvalue weighted by atomic mass is 9.99. The predicted molar refractivity (Wildman–Crippen MR) is 123 cm³/mol. The van der Waals surface area contributed by atoms with Crippen LogP contribution in [0.4, 0.5) is 5.13 Å². The molecule has 164 valence electrons. The Kier molecular flexibility index (Phi) is 5.70. The van der Waals surface area contributed by atoms with Gasteiger partial charge in [-0.05, 0) is 39.3 Å². The largest absolute Gasteiger partial charge is 0.490 e. The van der Waals surface area contributed by atoms with Crippen molar-refractivity contribution in [3.8, 4) is 22.8 Å². The van der Waals surface area contributed by atoms with E-state index in [9.17, 15) is 4.79 Å². The summed E-state index contributed by atoms with van der Waals surface area (Å²) in [5.74, 6) is 1.18. The van der Waals surface area contributed by atoms with Crippen molar-refractivity contribution in [2.75, 3.05) is 11.9 Å². The number of anilines is 1. The van der Waals surface area contributed by atoms with Crippen LogP contribution in [0.2, 0.25) is 5.02 Å². The molecule has 1 amide bonds. The maximum absolute atomic E-state index is 12.8. The Labute approximate surface area is 190 Å². The van der Waals surface area contributed by atoms with E-state index in [-0.39, 0.29) is 11.5 Å². The molecule has 2 aromatic heterocycles. The van der Waals surface area contributed by atoms with Gasteiger partial charge in [-0.15, -0.1) is 11.3 Å². The van der Waals surface area contributed by atoms with Crippen molar-refractivity contribution >= 4 is 34.0 Å². The maximum Gasteiger partial charge on any atom is 0.277 e. The Morgan fingerprint density at radius 2 is 2.16 bits per heavy atom. The van der Waals surface area contributed by atoms with Gasteiger partial charge in [0, 0.05) is 30.0 Å². The second-order valence-electron chi connectivity index (χ2n) is 8.01. The number of rotatable bonds is 6. The third kappa shape index (κ3) is 4.14. The van der Waals surface area contributed by atoms with Gasteiger partial charge < -0.3 is 9.47 Å². The monoisotopic (exact) mass is 460 g/mol. The molecule has 1 aromatic carbocycles. The molecule has 0 unspecified atom stereocenters. The van der Waals surface area contributed by atoms with Crippen molar-refractivity contribution < 1.29 is 14.3 Å². The lowest BCUT2D eigenvalue weighted by Gasteiger charge is -2.18. The molecule has 0 saturated heterocycles. The van der Waals surface area contributed by atoms with Crippen molar-refractivity contribution in [1.82, 2.24) is 14.8 Å². The summed E-state index contributed by atoms with van der Waals surface area (Å²) >= 11 is 7.69. The van der Waals surface area contributed by atoms with Gasteiger partial charge >= 0.3 is 0 Å². The molecule has 9 heteroatoms. The first-order valence-corrected chi connectivity index (χ1v) is 11.5. The number of carbonyl (C=O) groups excluding carboxylic acids is 1. The number of nitrogens with one attached hydrogen (secondary N) is 1. The first-order valence-electron chi connectivity index (χ1n) is 10.2. The summed E-state index contributed by atoms with van der Waals surface area (Å²) in [5.41, 5.74) is 3.53. The van der Waals surface area contributed by atoms with E-state index in [1.165, 1.54) is 16.0 Å². The molecule has 3 heterocycles. The second-order valence-corrected chi connectivity index (χ2v) is 9.25. The van der Waals surface area contributed by atoms with Crippen molar-refractivity contribution in [3.63, 3.8) is 0 Å². The van der Waals surface area contributed by atoms with Crippen molar-refractivity contribution in [1.29, 1.82) is 0 Å². The average molecular weight is 461 g/mol. The first kappa shape index (κ1) is 21.6. The van der Waals surface area contributed by atoms with Gasteiger partial charge in [-0.1, -0.05) is 18.5 Å². The first-order chi connectivity index (χ1) is 14.7. The van der Waals surface area contributed by atoms with Crippen molar-refractivity contribution in [2.24, 2.45) is 7.05 Å². The summed E-state index contributed by atoms with van der Waals surface area (Å²) in [6, 6.07) is 4.02. The topological polar surface area (TPSA) is 78.3 Å². The zero-order chi connectivity index (χ0) is 22.3. The molecule has 0 saturated carbocycles. The number of nitrogens with zero attached hydrogens (tertiary/aromatic N) is 3. The highest BCUT2D eigenvalue weighted by atomic mass is 35.5. The normalized spacial score (nSPS) is 14.3. The average Bonchev–Trinajstić information content (AvgIpc) is 3.36. The Balaban J connectivity index is 1.61. The molecule has 0 bridgehead atoms. The fraction of sp³-hybridized carbons (Fsp3) is 0.409. The molecule has 0 spiro atoms. The summed E-state index contributed by atoms with van der Waals surface area (Å²) in [5, 5.41) is 9.92. The van der Waals surface area contributed by atoms with Crippen LogP contribution in [0.25, 0.3) is 11.3 Å². The highest BCUT2D eigenvalue weighted by Crippen LogP contribution is 2.45. The van der Waals surface area contributed by atoms with E-state index in [2.05, 4.69) is 35.3 Å². The van der Waals surface area contributed by atoms with E-state index in [1.807, 2.05) is 25.3 Å². The van der Waals surface area contributed by atoms with Gasteiger partial charge in [0.15, 0.2) is 16.6 Å². The number of thiazole rings is 1. The summed E-state index contributed by atoms with van der Waals surface area (Å²) in [7, 11) is 1.70. The molecule has 1 N–H and O–H groups in total. The molecular weight excluding hydrogens is 436 g/mol. The van der Waals surface area contributed by atoms with Crippen LogP contribution in [0.5, 0.6) is 11.5 Å². The van der Waals surface area contributed by atoms with E-state index in [4.69, 9.17) is 21.1 Å². The molecule has 1 aliphatic rings. The zero-order valence-electron chi connectivity index (χ0n) is 18.2. The number of ether oxygens (including phenoxy) is 2. The van der Waals surface area contributed by atoms with Crippen LogP contribution in [0, 0.1) is 0 Å². The highest BCUT2D eigenvalue weighted by Gasteiger charge is 2.33. The molecule has 0 radical (unpaired) electrons. The summed E-state index contributed by atoms with van der Waals surface area (Å²) in [4.78, 5) is 17.4. The molecule has 0 aliphatic carbocycles. The minimum absolute atomic E-state index is 0.270. The second kappa shape index (κ2) is 8.16. The minimum Gasteiger partial charge on any atom is -0.490 e. The third-order valence-corrected chi connectivity index (χ3v) is 6.21. The van der Waals surface area contributed by atoms with Crippen LogP contribution >= 0.6 is 22.9 Å². The maximum atomic E-state index is 12.8. The molecule has 7 nitrogen and oxygen atoms in total. The van der Waals surface area contributed by atoms with Crippen molar-refractivity contribution in [2.45, 2.75) is 46.1 Å². The number of benzene rings is 1. The summed E-state index contributed by atoms with van der Waals surface area (Å²) in [6.45, 7) is 8.56. The number of aryl methyl sites for hydroxylation is 2. The van der Waals surface area contributed by atoms with Gasteiger partial charge in [-0.25, -0.2) is 4.98 Å². The van der Waals surface area contributed by atoms with Gasteiger partial charge in [0.05, 0.1) is 23.0 Å². The van der Waals surface area contributed by atoms with Gasteiger partial charge in [0.2, 0.25) is 0 Å². The van der Waals surface area contributed by atoms with Crippen LogP contribution in [-0.2, 0) is 19.9 Å². The molecule has 3 aromatic rings. The number of fused-ring (bicyclic) bond motifs is 1. The van der Waals surface area contributed by atoms with Gasteiger partial charge in [0.1, 0.15) is 11.3 Å². The molecule has 1 aliphatic heterocycles. The minimum atomic E-state index is -0.334. The van der Waals surface area contributed by atoms with E-state index in [0.717, 1.165) is 29.0 Å². The molecule has 31 heavy (non-hydrogen) atoms. The van der Waals surface area contributed by atoms with Gasteiger partial charge in [-0.3, -0.25) is 14.8 Å². The van der Waals surface area contributed by atoms with Crippen LogP contribution in [0.15, 0.2) is 17.5 Å². The van der Waals surface area contributed by atoms with E-state index in [1.54, 1.807) is 7.05 Å². The highest BCUT2D eigenvalue weighted by molar-refractivity contribution is 7.14. The van der Waals surface area contributed by atoms with Crippen LogP contribution in [0.3, 0.4) is 0 Å². The molecular formula is C22H25ClN4O3S. The molecule has 0 fully saturated rings. The van der Waals surface area contributed by atoms with Crippen LogP contribution < -0.4 is 14.8 Å². The SMILES string of the molecule is CCOc1cc(-c2csc(NC(=O)c3c(Cl)c(CC)nn3C)n2)cc2c1OC(C)(C)C2. The number of carbonyl (C=O) groups is 1. The zero-order valence-corrected chi connectivity index (χ0v) is 19.8. The predicted octanol–water partition coefficient (Wildman–Crippen LogP) is 5.12. The van der Waals surface area contributed by atoms with E-state index >= 15 is 0 Å². The van der Waals surface area contributed by atoms with Crippen molar-refractivity contribution in [3.05, 3.63) is 39.5 Å². The number of hydrogen-bond donors (Lipinski definition) is 1. The molecule has 0 atom stereocenters. The third-order valence-electron chi connectivity index (χ3n) is 5.05. The number of amides is 1. The lowest BCUT2D eigenvalue weighted by Crippen LogP contribution is -2.24. The Bertz CT molecular complexity index is 1150. The number of aromatic nitrogens is 3. The van der Waals surface area contributed by atoms with Crippen LogP contribution in [0.1, 0.15) is 49.4 Å². The standard InChI is InChI=1S/C22H25ClN4O3S/c1-6-14-17(23)18(27(5)26-14)20(28)25-21-24-15(11-31-21)12-8-13-10-22(3,4)30-19(13)16(9-12)29-7-2/h8-9,11H,6-7,10H2,1-5H3,(H,24,25,28). The summed E-state index contributed by atoms with van der Waals surface area (Å²) in [6.07, 6.45) is 1.45. The number of hydrogen-bond acceptors (Lipinski definition) is 6. The Morgan fingerprint density at radius 1 is 1.39 bits per heavy atom. The molecule has 4 rings (SSSR count).